The molecule has 0 radical (unpaired) electrons. The van der Waals surface area contributed by atoms with Crippen molar-refractivity contribution in [3.63, 3.8) is 0 Å². The highest BCUT2D eigenvalue weighted by molar-refractivity contribution is 5.99. The molecule has 0 saturated heterocycles. The Bertz CT molecular complexity index is 647. The highest BCUT2D eigenvalue weighted by atomic mass is 16.5. The Labute approximate surface area is 119 Å². The molecule has 7 nitrogen and oxygen atoms in total. The quantitative estimate of drug-likeness (QED) is 0.643. The first-order valence-electron chi connectivity index (χ1n) is 5.96. The fourth-order valence-corrected chi connectivity index (χ4v) is 1.56. The van der Waals surface area contributed by atoms with Crippen LogP contribution in [0.5, 0.6) is 0 Å². The molecule has 2 rings (SSSR count). The van der Waals surface area contributed by atoms with Gasteiger partial charge in [0, 0.05) is 11.3 Å². The highest BCUT2D eigenvalue weighted by Crippen LogP contribution is 2.10. The minimum Gasteiger partial charge on any atom is -0.457 e. The number of rotatable bonds is 5. The average molecular weight is 288 g/mol. The van der Waals surface area contributed by atoms with Gasteiger partial charge in [-0.05, 0) is 36.4 Å². The number of furan rings is 1. The van der Waals surface area contributed by atoms with Crippen molar-refractivity contribution in [2.75, 3.05) is 11.9 Å². The standard InChI is InChI=1S/C14H12N2O5/c15-14(19)16-10-5-3-9(4-6-10)11(17)8-21-13(18)12-2-1-7-20-12/h1-7H,8H2,(H3,15,16,19). The van der Waals surface area contributed by atoms with E-state index in [1.807, 2.05) is 0 Å². The minimum atomic E-state index is -0.708. The second kappa shape index (κ2) is 6.38. The van der Waals surface area contributed by atoms with E-state index in [2.05, 4.69) is 5.32 Å². The molecule has 0 aliphatic carbocycles. The van der Waals surface area contributed by atoms with Gasteiger partial charge in [0.25, 0.3) is 0 Å². The number of carbonyl (C=O) groups excluding carboxylic acids is 3. The SMILES string of the molecule is NC(=O)Nc1ccc(C(=O)COC(=O)c2ccco2)cc1. The fraction of sp³-hybridized carbons (Fsp3) is 0.0714. The van der Waals surface area contributed by atoms with Crippen LogP contribution in [0.25, 0.3) is 0 Å². The number of amides is 2. The van der Waals surface area contributed by atoms with Crippen molar-refractivity contribution >= 4 is 23.5 Å². The zero-order valence-electron chi connectivity index (χ0n) is 10.9. The van der Waals surface area contributed by atoms with Gasteiger partial charge in [-0.2, -0.15) is 0 Å². The molecule has 1 aromatic carbocycles. The third kappa shape index (κ3) is 3.93. The van der Waals surface area contributed by atoms with Gasteiger partial charge in [0.1, 0.15) is 0 Å². The van der Waals surface area contributed by atoms with E-state index in [1.165, 1.54) is 36.6 Å². The van der Waals surface area contributed by atoms with Crippen molar-refractivity contribution in [3.8, 4) is 0 Å². The average Bonchev–Trinajstić information content (AvgIpc) is 2.99. The number of primary amides is 1. The van der Waals surface area contributed by atoms with Crippen molar-refractivity contribution in [3.05, 3.63) is 54.0 Å². The summed E-state index contributed by atoms with van der Waals surface area (Å²) >= 11 is 0. The molecule has 7 heteroatoms. The van der Waals surface area contributed by atoms with Gasteiger partial charge in [-0.25, -0.2) is 9.59 Å². The monoisotopic (exact) mass is 288 g/mol. The number of nitrogens with one attached hydrogen (secondary N) is 1. The van der Waals surface area contributed by atoms with Crippen LogP contribution in [0.4, 0.5) is 10.5 Å². The first-order chi connectivity index (χ1) is 10.1. The molecule has 2 aromatic rings. The number of Topliss-reactive ketones (excluding diaryl/α,β-unsaturated/α-hetero) is 1. The number of esters is 1. The molecule has 21 heavy (non-hydrogen) atoms. The maximum absolute atomic E-state index is 11.8. The van der Waals surface area contributed by atoms with Crippen molar-refractivity contribution in [2.24, 2.45) is 5.73 Å². The Hall–Kier alpha value is -3.09. The molecule has 0 unspecified atom stereocenters. The molecule has 0 aliphatic rings. The third-order valence-electron chi connectivity index (χ3n) is 2.53. The largest absolute Gasteiger partial charge is 0.457 e. The lowest BCUT2D eigenvalue weighted by Gasteiger charge is -2.04. The number of hydrogen-bond donors (Lipinski definition) is 2. The number of carbonyl (C=O) groups is 3. The van der Waals surface area contributed by atoms with E-state index in [9.17, 15) is 14.4 Å². The molecular formula is C14H12N2O5. The molecule has 108 valence electrons. The van der Waals surface area contributed by atoms with Gasteiger partial charge in [-0.1, -0.05) is 0 Å². The van der Waals surface area contributed by atoms with Crippen LogP contribution < -0.4 is 11.1 Å². The Kier molecular flexibility index (Phi) is 4.35. The van der Waals surface area contributed by atoms with Crippen molar-refractivity contribution in [1.82, 2.24) is 0 Å². The van der Waals surface area contributed by atoms with E-state index in [-0.39, 0.29) is 11.5 Å². The number of hydrogen-bond acceptors (Lipinski definition) is 5. The van der Waals surface area contributed by atoms with Gasteiger partial charge in [0.05, 0.1) is 6.26 Å². The molecular weight excluding hydrogens is 276 g/mol. The summed E-state index contributed by atoms with van der Waals surface area (Å²) in [4.78, 5) is 34.0. The number of ether oxygens (including phenoxy) is 1. The van der Waals surface area contributed by atoms with E-state index in [0.29, 0.717) is 11.3 Å². The third-order valence-corrected chi connectivity index (χ3v) is 2.53. The maximum atomic E-state index is 11.8. The smallest absolute Gasteiger partial charge is 0.374 e. The first-order valence-corrected chi connectivity index (χ1v) is 5.96. The van der Waals surface area contributed by atoms with Crippen LogP contribution in [0.2, 0.25) is 0 Å². The number of urea groups is 1. The molecule has 2 amide bonds. The molecule has 0 saturated carbocycles. The second-order valence-corrected chi connectivity index (χ2v) is 4.04. The van der Waals surface area contributed by atoms with Gasteiger partial charge in [0.15, 0.2) is 12.4 Å². The van der Waals surface area contributed by atoms with Crippen LogP contribution in [0, 0.1) is 0 Å². The number of nitrogens with two attached hydrogens (primary N) is 1. The van der Waals surface area contributed by atoms with E-state index >= 15 is 0 Å². The lowest BCUT2D eigenvalue weighted by atomic mass is 10.1. The van der Waals surface area contributed by atoms with Gasteiger partial charge in [-0.3, -0.25) is 4.79 Å². The van der Waals surface area contributed by atoms with E-state index in [0.717, 1.165) is 0 Å². The van der Waals surface area contributed by atoms with Gasteiger partial charge < -0.3 is 20.2 Å². The van der Waals surface area contributed by atoms with Crippen LogP contribution in [0.1, 0.15) is 20.9 Å². The first kappa shape index (κ1) is 14.3. The molecule has 3 N–H and O–H groups in total. The summed E-state index contributed by atoms with van der Waals surface area (Å²) < 4.78 is 9.67. The predicted molar refractivity (Wildman–Crippen MR) is 73.0 cm³/mol. The van der Waals surface area contributed by atoms with Gasteiger partial charge in [0.2, 0.25) is 5.76 Å². The Morgan fingerprint density at radius 3 is 2.43 bits per heavy atom. The summed E-state index contributed by atoms with van der Waals surface area (Å²) in [5, 5.41) is 2.37. The number of ketones is 1. The normalized spacial score (nSPS) is 9.90. The number of anilines is 1. The van der Waals surface area contributed by atoms with Crippen LogP contribution in [-0.2, 0) is 4.74 Å². The predicted octanol–water partition coefficient (Wildman–Crippen LogP) is 1.81. The Morgan fingerprint density at radius 2 is 1.86 bits per heavy atom. The van der Waals surface area contributed by atoms with Crippen LogP contribution in [0.3, 0.4) is 0 Å². The summed E-state index contributed by atoms with van der Waals surface area (Å²) in [5.41, 5.74) is 5.78. The van der Waals surface area contributed by atoms with Crippen LogP contribution in [-0.4, -0.2) is 24.4 Å². The minimum absolute atomic E-state index is 0.0313. The summed E-state index contributed by atoms with van der Waals surface area (Å²) in [6, 6.07) is 8.32. The molecule has 1 heterocycles. The second-order valence-electron chi connectivity index (χ2n) is 4.04. The summed E-state index contributed by atoms with van der Waals surface area (Å²) in [5.74, 6) is -1.05. The Balaban J connectivity index is 1.91. The Morgan fingerprint density at radius 1 is 1.14 bits per heavy atom. The molecule has 1 aromatic heterocycles. The van der Waals surface area contributed by atoms with Crippen LogP contribution in [0.15, 0.2) is 47.1 Å². The fourth-order valence-electron chi connectivity index (χ4n) is 1.56. The topological polar surface area (TPSA) is 112 Å². The molecule has 0 spiro atoms. The van der Waals surface area contributed by atoms with E-state index < -0.39 is 18.6 Å². The van der Waals surface area contributed by atoms with Crippen molar-refractivity contribution < 1.29 is 23.5 Å². The maximum Gasteiger partial charge on any atom is 0.374 e. The lowest BCUT2D eigenvalue weighted by Crippen LogP contribution is -2.19. The van der Waals surface area contributed by atoms with Crippen LogP contribution >= 0.6 is 0 Å². The van der Waals surface area contributed by atoms with Crippen molar-refractivity contribution in [2.45, 2.75) is 0 Å². The molecule has 0 atom stereocenters. The summed E-state index contributed by atoms with van der Waals surface area (Å²) in [6.07, 6.45) is 1.34. The zero-order valence-corrected chi connectivity index (χ0v) is 10.9. The summed E-state index contributed by atoms with van der Waals surface area (Å²) in [6.45, 7) is -0.401. The highest BCUT2D eigenvalue weighted by Gasteiger charge is 2.13. The molecule has 0 bridgehead atoms. The van der Waals surface area contributed by atoms with Gasteiger partial charge in [-0.15, -0.1) is 0 Å². The number of benzene rings is 1. The lowest BCUT2D eigenvalue weighted by molar-refractivity contribution is 0.0444. The zero-order chi connectivity index (χ0) is 15.2. The van der Waals surface area contributed by atoms with Crippen molar-refractivity contribution in [1.29, 1.82) is 0 Å². The van der Waals surface area contributed by atoms with E-state index in [1.54, 1.807) is 6.07 Å². The molecule has 0 fully saturated rings. The molecule has 0 aliphatic heterocycles. The van der Waals surface area contributed by atoms with E-state index in [4.69, 9.17) is 14.9 Å². The summed E-state index contributed by atoms with van der Waals surface area (Å²) in [7, 11) is 0. The van der Waals surface area contributed by atoms with Gasteiger partial charge >= 0.3 is 12.0 Å².